The van der Waals surface area contributed by atoms with Gasteiger partial charge in [-0.2, -0.15) is 0 Å². The highest BCUT2D eigenvalue weighted by Crippen LogP contribution is 2.48. The van der Waals surface area contributed by atoms with Gasteiger partial charge in [0.05, 0.1) is 19.4 Å². The summed E-state index contributed by atoms with van der Waals surface area (Å²) in [5.74, 6) is 0.404. The number of nitrogens with one attached hydrogen (secondary N) is 1. The largest absolute Gasteiger partial charge is 0.489 e. The lowest BCUT2D eigenvalue weighted by Gasteiger charge is -2.16. The second kappa shape index (κ2) is 10.9. The van der Waals surface area contributed by atoms with Crippen molar-refractivity contribution in [2.24, 2.45) is 0 Å². The molecule has 0 aromatic heterocycles. The monoisotopic (exact) mass is 391 g/mol. The maximum Gasteiger partial charge on any atom is 0.331 e. The van der Waals surface area contributed by atoms with E-state index in [0.717, 1.165) is 5.56 Å². The smallest absolute Gasteiger partial charge is 0.331 e. The molecule has 0 unspecified atom stereocenters. The zero-order valence-electron chi connectivity index (χ0n) is 15.7. The van der Waals surface area contributed by atoms with E-state index in [0.29, 0.717) is 18.0 Å². The van der Waals surface area contributed by atoms with E-state index < -0.39 is 7.60 Å². The van der Waals surface area contributed by atoms with Gasteiger partial charge in [0.1, 0.15) is 12.4 Å². The number of hydrogen-bond acceptors (Lipinski definition) is 5. The van der Waals surface area contributed by atoms with E-state index >= 15 is 0 Å². The Morgan fingerprint density at radius 3 is 2.37 bits per heavy atom. The third-order valence-corrected chi connectivity index (χ3v) is 5.70. The SMILES string of the molecule is CCOP(=O)(CCC(=O)Nc1cccc(OCc2ccccc2)c1)OCC. The number of carbonyl (C=O) groups excluding carboxylic acids is 1. The van der Waals surface area contributed by atoms with Crippen LogP contribution >= 0.6 is 7.60 Å². The minimum atomic E-state index is -3.22. The van der Waals surface area contributed by atoms with Gasteiger partial charge in [0.25, 0.3) is 0 Å². The number of carbonyl (C=O) groups is 1. The highest BCUT2D eigenvalue weighted by Gasteiger charge is 2.24. The Bertz CT molecular complexity index is 756. The van der Waals surface area contributed by atoms with E-state index in [-0.39, 0.29) is 31.7 Å². The summed E-state index contributed by atoms with van der Waals surface area (Å²) in [6, 6.07) is 17.0. The van der Waals surface area contributed by atoms with Crippen LogP contribution in [0.4, 0.5) is 5.69 Å². The summed E-state index contributed by atoms with van der Waals surface area (Å²) in [6.45, 7) is 4.49. The molecule has 0 saturated heterocycles. The molecule has 1 N–H and O–H groups in total. The lowest BCUT2D eigenvalue weighted by atomic mass is 10.2. The maximum atomic E-state index is 12.4. The number of anilines is 1. The average Bonchev–Trinajstić information content (AvgIpc) is 2.66. The van der Waals surface area contributed by atoms with Crippen molar-refractivity contribution in [3.05, 3.63) is 60.2 Å². The molecule has 0 radical (unpaired) electrons. The van der Waals surface area contributed by atoms with E-state index in [9.17, 15) is 9.36 Å². The number of ether oxygens (including phenoxy) is 1. The van der Waals surface area contributed by atoms with Crippen molar-refractivity contribution in [2.75, 3.05) is 24.7 Å². The quantitative estimate of drug-likeness (QED) is 0.554. The Labute approximate surface area is 160 Å². The molecule has 0 atom stereocenters. The molecule has 1 amide bonds. The van der Waals surface area contributed by atoms with Gasteiger partial charge in [0.2, 0.25) is 5.91 Å². The average molecular weight is 391 g/mol. The number of hydrogen-bond donors (Lipinski definition) is 1. The summed E-state index contributed by atoms with van der Waals surface area (Å²) in [7, 11) is -3.22. The highest BCUT2D eigenvalue weighted by molar-refractivity contribution is 7.53. The minimum absolute atomic E-state index is 0.0463. The van der Waals surface area contributed by atoms with Gasteiger partial charge in [-0.15, -0.1) is 0 Å². The summed E-state index contributed by atoms with van der Waals surface area (Å²) in [5.41, 5.74) is 1.68. The van der Waals surface area contributed by atoms with Crippen LogP contribution in [0.15, 0.2) is 54.6 Å². The lowest BCUT2D eigenvalue weighted by molar-refractivity contribution is -0.115. The number of amides is 1. The Balaban J connectivity index is 1.87. The first kappa shape index (κ1) is 21.2. The first-order valence-electron chi connectivity index (χ1n) is 8.99. The predicted molar refractivity (Wildman–Crippen MR) is 106 cm³/mol. The van der Waals surface area contributed by atoms with Crippen molar-refractivity contribution in [1.29, 1.82) is 0 Å². The second-order valence-electron chi connectivity index (χ2n) is 5.77. The molecule has 2 aromatic rings. The van der Waals surface area contributed by atoms with Crippen molar-refractivity contribution < 1.29 is 23.1 Å². The van der Waals surface area contributed by atoms with E-state index in [1.807, 2.05) is 36.4 Å². The molecule has 2 aromatic carbocycles. The molecule has 0 heterocycles. The molecule has 0 aliphatic rings. The second-order valence-corrected chi connectivity index (χ2v) is 7.96. The van der Waals surface area contributed by atoms with E-state index in [1.165, 1.54) is 0 Å². The van der Waals surface area contributed by atoms with Gasteiger partial charge < -0.3 is 19.1 Å². The highest BCUT2D eigenvalue weighted by atomic mass is 31.2. The van der Waals surface area contributed by atoms with Gasteiger partial charge in [-0.1, -0.05) is 36.4 Å². The van der Waals surface area contributed by atoms with Crippen molar-refractivity contribution in [2.45, 2.75) is 26.9 Å². The predicted octanol–water partition coefficient (Wildman–Crippen LogP) is 4.86. The molecular formula is C20H26NO5P. The summed E-state index contributed by atoms with van der Waals surface area (Å²) < 4.78 is 28.6. The van der Waals surface area contributed by atoms with Gasteiger partial charge in [0.15, 0.2) is 0 Å². The third-order valence-electron chi connectivity index (χ3n) is 3.63. The van der Waals surface area contributed by atoms with Crippen molar-refractivity contribution in [3.8, 4) is 5.75 Å². The summed E-state index contributed by atoms with van der Waals surface area (Å²) in [6.07, 6.45) is 0.0943. The fourth-order valence-corrected chi connectivity index (χ4v) is 4.02. The molecule has 7 heteroatoms. The van der Waals surface area contributed by atoms with E-state index in [2.05, 4.69) is 5.32 Å². The zero-order valence-corrected chi connectivity index (χ0v) is 16.6. The Morgan fingerprint density at radius 2 is 1.70 bits per heavy atom. The third kappa shape index (κ3) is 7.55. The first-order chi connectivity index (χ1) is 13.0. The molecule has 0 saturated carbocycles. The normalized spacial score (nSPS) is 11.2. The van der Waals surface area contributed by atoms with Crippen LogP contribution in [0.2, 0.25) is 0 Å². The summed E-state index contributed by atoms with van der Waals surface area (Å²) >= 11 is 0. The number of benzene rings is 2. The van der Waals surface area contributed by atoms with Crippen molar-refractivity contribution in [1.82, 2.24) is 0 Å². The topological polar surface area (TPSA) is 73.9 Å². The van der Waals surface area contributed by atoms with Crippen LogP contribution in [0, 0.1) is 0 Å². The van der Waals surface area contributed by atoms with Gasteiger partial charge in [0, 0.05) is 18.2 Å². The lowest BCUT2D eigenvalue weighted by Crippen LogP contribution is -2.14. The van der Waals surface area contributed by atoms with Gasteiger partial charge in [-0.25, -0.2) is 0 Å². The summed E-state index contributed by atoms with van der Waals surface area (Å²) in [5, 5.41) is 2.79. The van der Waals surface area contributed by atoms with Crippen LogP contribution in [-0.2, 0) is 25.0 Å². The molecular weight excluding hydrogens is 365 g/mol. The minimum Gasteiger partial charge on any atom is -0.489 e. The maximum absolute atomic E-state index is 12.4. The summed E-state index contributed by atoms with van der Waals surface area (Å²) in [4.78, 5) is 12.2. The molecule has 2 rings (SSSR count). The Morgan fingerprint density at radius 1 is 1.00 bits per heavy atom. The van der Waals surface area contributed by atoms with Gasteiger partial charge >= 0.3 is 7.60 Å². The number of rotatable bonds is 11. The fourth-order valence-electron chi connectivity index (χ4n) is 2.43. The van der Waals surface area contributed by atoms with Crippen molar-refractivity contribution in [3.63, 3.8) is 0 Å². The van der Waals surface area contributed by atoms with Gasteiger partial charge in [-0.05, 0) is 31.5 Å². The molecule has 0 spiro atoms. The van der Waals surface area contributed by atoms with Crippen LogP contribution in [0.3, 0.4) is 0 Å². The molecule has 0 aliphatic heterocycles. The van der Waals surface area contributed by atoms with Crippen LogP contribution in [0.25, 0.3) is 0 Å². The van der Waals surface area contributed by atoms with Crippen LogP contribution in [0.1, 0.15) is 25.8 Å². The van der Waals surface area contributed by atoms with E-state index in [4.69, 9.17) is 13.8 Å². The van der Waals surface area contributed by atoms with Crippen LogP contribution < -0.4 is 10.1 Å². The molecule has 0 fully saturated rings. The Hall–Kier alpha value is -2.14. The van der Waals surface area contributed by atoms with Gasteiger partial charge in [-0.3, -0.25) is 9.36 Å². The van der Waals surface area contributed by atoms with Crippen LogP contribution in [-0.4, -0.2) is 25.3 Å². The fraction of sp³-hybridized carbons (Fsp3) is 0.350. The van der Waals surface area contributed by atoms with Crippen molar-refractivity contribution >= 4 is 19.2 Å². The molecule has 0 aliphatic carbocycles. The standard InChI is InChI=1S/C20H26NO5P/c1-3-25-27(23,26-4-2)14-13-20(22)21-18-11-8-12-19(15-18)24-16-17-9-6-5-7-10-17/h5-12,15H,3-4,13-14,16H2,1-2H3,(H,21,22). The molecule has 6 nitrogen and oxygen atoms in total. The first-order valence-corrected chi connectivity index (χ1v) is 10.7. The zero-order chi connectivity index (χ0) is 19.5. The molecule has 0 bridgehead atoms. The molecule has 146 valence electrons. The van der Waals surface area contributed by atoms with Crippen LogP contribution in [0.5, 0.6) is 5.75 Å². The Kier molecular flexibility index (Phi) is 8.52. The molecule has 27 heavy (non-hydrogen) atoms. The van der Waals surface area contributed by atoms with E-state index in [1.54, 1.807) is 32.0 Å².